The van der Waals surface area contributed by atoms with Crippen LogP contribution < -0.4 is 9.44 Å². The molecule has 0 aromatic heterocycles. The van der Waals surface area contributed by atoms with Gasteiger partial charge in [-0.3, -0.25) is 19.6 Å². The van der Waals surface area contributed by atoms with Crippen molar-refractivity contribution >= 4 is 37.1 Å². The third kappa shape index (κ3) is 5.19. The van der Waals surface area contributed by atoms with Gasteiger partial charge in [0, 0.05) is 6.07 Å². The number of nitrogens with zero attached hydrogens (tertiary/aromatic N) is 1. The molecule has 0 fully saturated rings. The van der Waals surface area contributed by atoms with E-state index in [1.807, 2.05) is 6.92 Å². The molecule has 0 aliphatic rings. The number of anilines is 2. The highest BCUT2D eigenvalue weighted by atomic mass is 32.2. The van der Waals surface area contributed by atoms with E-state index in [-0.39, 0.29) is 21.2 Å². The fourth-order valence-electron chi connectivity index (χ4n) is 2.69. The summed E-state index contributed by atoms with van der Waals surface area (Å²) >= 11 is 0. The van der Waals surface area contributed by atoms with E-state index in [2.05, 4.69) is 9.44 Å². The van der Waals surface area contributed by atoms with Crippen molar-refractivity contribution in [3.8, 4) is 0 Å². The fraction of sp³-hybridized carbons (Fsp3) is 0.100. The van der Waals surface area contributed by atoms with Crippen LogP contribution in [-0.4, -0.2) is 21.8 Å². The first-order valence-corrected chi connectivity index (χ1v) is 11.9. The molecule has 0 atom stereocenters. The van der Waals surface area contributed by atoms with E-state index in [0.29, 0.717) is 0 Å². The molecule has 0 bridgehead atoms. The number of nitrogens with one attached hydrogen (secondary N) is 2. The maximum Gasteiger partial charge on any atom is 0.293 e. The highest BCUT2D eigenvalue weighted by Crippen LogP contribution is 2.31. The van der Waals surface area contributed by atoms with Crippen molar-refractivity contribution < 1.29 is 21.8 Å². The third-order valence-corrected chi connectivity index (χ3v) is 7.13. The summed E-state index contributed by atoms with van der Waals surface area (Å²) in [6.07, 6.45) is 0. The van der Waals surface area contributed by atoms with Gasteiger partial charge in [-0.15, -0.1) is 0 Å². The zero-order valence-electron chi connectivity index (χ0n) is 16.6. The van der Waals surface area contributed by atoms with Crippen molar-refractivity contribution in [2.75, 3.05) is 9.44 Å². The SMILES string of the molecule is Cc1ccc(S(=O)(=O)Nc2ccc([N+](=O)[O-])c(NS(=O)(=O)c3ccc(C)cc3)c2)cc1. The lowest BCUT2D eigenvalue weighted by Crippen LogP contribution is -2.16. The average molecular weight is 462 g/mol. The van der Waals surface area contributed by atoms with Crippen LogP contribution in [0, 0.1) is 24.0 Å². The van der Waals surface area contributed by atoms with Crippen LogP contribution in [0.25, 0.3) is 0 Å². The zero-order chi connectivity index (χ0) is 22.8. The van der Waals surface area contributed by atoms with Crippen LogP contribution in [0.3, 0.4) is 0 Å². The molecule has 9 nitrogen and oxygen atoms in total. The maximum atomic E-state index is 12.7. The Morgan fingerprint density at radius 3 is 1.61 bits per heavy atom. The molecule has 3 aromatic carbocycles. The molecule has 0 aliphatic heterocycles. The molecule has 0 heterocycles. The molecule has 162 valence electrons. The van der Waals surface area contributed by atoms with Crippen LogP contribution in [0.5, 0.6) is 0 Å². The zero-order valence-corrected chi connectivity index (χ0v) is 18.2. The molecule has 0 saturated heterocycles. The Kier molecular flexibility index (Phi) is 6.00. The monoisotopic (exact) mass is 461 g/mol. The highest BCUT2D eigenvalue weighted by Gasteiger charge is 2.23. The van der Waals surface area contributed by atoms with Gasteiger partial charge in [0.1, 0.15) is 5.69 Å². The van der Waals surface area contributed by atoms with Gasteiger partial charge in [-0.05, 0) is 50.2 Å². The van der Waals surface area contributed by atoms with Crippen molar-refractivity contribution in [1.82, 2.24) is 0 Å². The lowest BCUT2D eigenvalue weighted by Gasteiger charge is -2.12. The van der Waals surface area contributed by atoms with Crippen LogP contribution in [0.2, 0.25) is 0 Å². The van der Waals surface area contributed by atoms with Gasteiger partial charge in [0.05, 0.1) is 20.4 Å². The summed E-state index contributed by atoms with van der Waals surface area (Å²) in [5, 5.41) is 11.4. The fourth-order valence-corrected chi connectivity index (χ4v) is 4.81. The first-order valence-electron chi connectivity index (χ1n) is 8.95. The van der Waals surface area contributed by atoms with E-state index < -0.39 is 30.7 Å². The molecule has 0 saturated carbocycles. The number of aryl methyl sites for hydroxylation is 2. The van der Waals surface area contributed by atoms with Gasteiger partial charge in [-0.1, -0.05) is 35.4 Å². The van der Waals surface area contributed by atoms with Gasteiger partial charge in [0.15, 0.2) is 0 Å². The van der Waals surface area contributed by atoms with Gasteiger partial charge >= 0.3 is 0 Å². The molecule has 0 unspecified atom stereocenters. The topological polar surface area (TPSA) is 135 Å². The summed E-state index contributed by atoms with van der Waals surface area (Å²) in [7, 11) is -8.11. The Bertz CT molecular complexity index is 1330. The van der Waals surface area contributed by atoms with E-state index in [4.69, 9.17) is 0 Å². The van der Waals surface area contributed by atoms with Gasteiger partial charge < -0.3 is 0 Å². The lowest BCUT2D eigenvalue weighted by molar-refractivity contribution is -0.383. The number of benzene rings is 3. The van der Waals surface area contributed by atoms with Crippen LogP contribution in [-0.2, 0) is 20.0 Å². The predicted octanol–water partition coefficient (Wildman–Crippen LogP) is 3.81. The normalized spacial score (nSPS) is 11.7. The Balaban J connectivity index is 1.97. The number of hydrogen-bond donors (Lipinski definition) is 2. The highest BCUT2D eigenvalue weighted by molar-refractivity contribution is 7.93. The molecule has 2 N–H and O–H groups in total. The largest absolute Gasteiger partial charge is 0.293 e. The first-order chi connectivity index (χ1) is 14.5. The lowest BCUT2D eigenvalue weighted by atomic mass is 10.2. The smallest absolute Gasteiger partial charge is 0.280 e. The van der Waals surface area contributed by atoms with Gasteiger partial charge in [0.2, 0.25) is 0 Å². The third-order valence-electron chi connectivity index (χ3n) is 4.35. The molecule has 0 spiro atoms. The second-order valence-corrected chi connectivity index (χ2v) is 10.2. The predicted molar refractivity (Wildman–Crippen MR) is 117 cm³/mol. The molecule has 3 aromatic rings. The number of rotatable bonds is 7. The first kappa shape index (κ1) is 22.2. The van der Waals surface area contributed by atoms with Crippen molar-refractivity contribution in [1.29, 1.82) is 0 Å². The number of sulfonamides is 2. The summed E-state index contributed by atoms with van der Waals surface area (Å²) < 4.78 is 55.0. The number of nitro groups is 1. The Morgan fingerprint density at radius 2 is 1.16 bits per heavy atom. The van der Waals surface area contributed by atoms with Crippen molar-refractivity contribution in [3.63, 3.8) is 0 Å². The summed E-state index contributed by atoms with van der Waals surface area (Å²) in [4.78, 5) is 10.5. The van der Waals surface area contributed by atoms with Gasteiger partial charge in [0.25, 0.3) is 25.7 Å². The summed E-state index contributed by atoms with van der Waals surface area (Å²) in [5.74, 6) is 0. The molecular weight excluding hydrogens is 442 g/mol. The molecule has 31 heavy (non-hydrogen) atoms. The van der Waals surface area contributed by atoms with Crippen molar-refractivity contribution in [3.05, 3.63) is 88.0 Å². The Morgan fingerprint density at radius 1 is 0.710 bits per heavy atom. The van der Waals surface area contributed by atoms with Crippen LogP contribution in [0.1, 0.15) is 11.1 Å². The van der Waals surface area contributed by atoms with Crippen molar-refractivity contribution in [2.45, 2.75) is 23.6 Å². The van der Waals surface area contributed by atoms with Crippen molar-refractivity contribution in [2.24, 2.45) is 0 Å². The molecule has 3 rings (SSSR count). The quantitative estimate of drug-likeness (QED) is 0.406. The maximum absolute atomic E-state index is 12.7. The number of nitro benzene ring substituents is 1. The second kappa shape index (κ2) is 8.36. The molecule has 11 heteroatoms. The standard InChI is InChI=1S/C20H19N3O6S2/c1-14-3-8-17(9-4-14)30(26,27)21-16-7-12-20(23(24)25)19(13-16)22-31(28,29)18-10-5-15(2)6-11-18/h3-13,21-22H,1-2H3. The van der Waals surface area contributed by atoms with E-state index in [1.165, 1.54) is 30.3 Å². The molecular formula is C20H19N3O6S2. The second-order valence-electron chi connectivity index (χ2n) is 6.83. The van der Waals surface area contributed by atoms with Crippen LogP contribution in [0.4, 0.5) is 17.1 Å². The van der Waals surface area contributed by atoms with E-state index in [9.17, 15) is 26.9 Å². The molecule has 0 amide bonds. The summed E-state index contributed by atoms with van der Waals surface area (Å²) in [6.45, 7) is 3.60. The molecule has 0 radical (unpaired) electrons. The van der Waals surface area contributed by atoms with Gasteiger partial charge in [-0.2, -0.15) is 0 Å². The Hall–Kier alpha value is -3.44. The van der Waals surface area contributed by atoms with E-state index in [1.54, 1.807) is 31.2 Å². The summed E-state index contributed by atoms with van der Waals surface area (Å²) in [5.41, 5.74) is 0.802. The molecule has 0 aliphatic carbocycles. The number of hydrogen-bond acceptors (Lipinski definition) is 6. The Labute approximate surface area is 180 Å². The minimum Gasteiger partial charge on any atom is -0.280 e. The minimum absolute atomic E-state index is 0.00163. The van der Waals surface area contributed by atoms with Crippen LogP contribution >= 0.6 is 0 Å². The van der Waals surface area contributed by atoms with E-state index >= 15 is 0 Å². The minimum atomic E-state index is -4.14. The van der Waals surface area contributed by atoms with Crippen LogP contribution in [0.15, 0.2) is 76.5 Å². The van der Waals surface area contributed by atoms with Gasteiger partial charge in [-0.25, -0.2) is 16.8 Å². The summed E-state index contributed by atoms with van der Waals surface area (Å²) in [6, 6.07) is 15.3. The average Bonchev–Trinajstić information content (AvgIpc) is 2.68. The van der Waals surface area contributed by atoms with E-state index in [0.717, 1.165) is 23.3 Å².